The molecule has 1 rings (SSSR count). The fourth-order valence-electron chi connectivity index (χ4n) is 1.41. The zero-order valence-corrected chi connectivity index (χ0v) is 12.3. The van der Waals surface area contributed by atoms with Gasteiger partial charge in [0.2, 0.25) is 10.0 Å². The van der Waals surface area contributed by atoms with Crippen molar-refractivity contribution < 1.29 is 22.5 Å². The maximum atomic E-state index is 11.9. The summed E-state index contributed by atoms with van der Waals surface area (Å²) in [5, 5.41) is 8.85. The third kappa shape index (κ3) is 4.15. The van der Waals surface area contributed by atoms with Crippen molar-refractivity contribution in [1.82, 2.24) is 9.29 Å². The molecule has 0 fully saturated rings. The van der Waals surface area contributed by atoms with Crippen molar-refractivity contribution >= 4 is 26.8 Å². The lowest BCUT2D eigenvalue weighted by atomic mass is 10.4. The Morgan fingerprint density at radius 1 is 1.53 bits per heavy atom. The second-order valence-electron chi connectivity index (χ2n) is 3.81. The number of aryl methyl sites for hydroxylation is 1. The molecule has 0 aliphatic heterocycles. The quantitative estimate of drug-likeness (QED) is 0.724. The van der Waals surface area contributed by atoms with Crippen molar-refractivity contribution in [3.8, 4) is 0 Å². The number of aromatic nitrogens is 1. The summed E-state index contributed by atoms with van der Waals surface area (Å²) >= 11 is 0. The molecule has 2 N–H and O–H groups in total. The maximum Gasteiger partial charge on any atom is 0.352 e. The highest BCUT2D eigenvalue weighted by Crippen LogP contribution is 2.13. The van der Waals surface area contributed by atoms with Crippen LogP contribution < -0.4 is 4.72 Å². The predicted octanol–water partition coefficient (Wildman–Crippen LogP) is -0.230. The van der Waals surface area contributed by atoms with Crippen LogP contribution in [0.4, 0.5) is 0 Å². The van der Waals surface area contributed by atoms with Crippen LogP contribution in [0, 0.1) is 0 Å². The third-order valence-corrected chi connectivity index (χ3v) is 5.18. The van der Waals surface area contributed by atoms with Crippen molar-refractivity contribution in [3.63, 3.8) is 0 Å². The summed E-state index contributed by atoms with van der Waals surface area (Å²) in [7, 11) is -3.37. The first-order valence-corrected chi connectivity index (χ1v) is 8.49. The van der Waals surface area contributed by atoms with Crippen LogP contribution in [0.15, 0.2) is 17.2 Å². The number of nitrogens with zero attached hydrogens (tertiary/aromatic N) is 1. The number of rotatable bonds is 7. The van der Waals surface area contributed by atoms with Crippen LogP contribution in [0.2, 0.25) is 0 Å². The van der Waals surface area contributed by atoms with E-state index in [1.54, 1.807) is 6.92 Å². The summed E-state index contributed by atoms with van der Waals surface area (Å²) < 4.78 is 38.4. The highest BCUT2D eigenvalue weighted by molar-refractivity contribution is 7.89. The van der Waals surface area contributed by atoms with Crippen molar-refractivity contribution in [1.29, 1.82) is 0 Å². The molecule has 0 aliphatic carbocycles. The molecule has 0 aliphatic rings. The maximum absolute atomic E-state index is 11.9. The summed E-state index contributed by atoms with van der Waals surface area (Å²) in [6, 6.07) is 1.08. The normalized spacial score (nSPS) is 13.4. The van der Waals surface area contributed by atoms with E-state index in [0.29, 0.717) is 5.75 Å². The standard InChI is InChI=1S/C10H16N2O5S2/c1-3-18(15)5-4-11-19(16,17)8-6-9(10(13)14)12(2)7-8/h6-7,11H,3-5H2,1-2H3,(H,13,14). The number of nitrogens with one attached hydrogen (secondary N) is 1. The van der Waals surface area contributed by atoms with Gasteiger partial charge in [-0.05, 0) is 6.07 Å². The van der Waals surface area contributed by atoms with Gasteiger partial charge in [0.25, 0.3) is 0 Å². The number of hydrogen-bond acceptors (Lipinski definition) is 4. The molecule has 0 amide bonds. The van der Waals surface area contributed by atoms with Gasteiger partial charge in [-0.15, -0.1) is 0 Å². The van der Waals surface area contributed by atoms with E-state index in [4.69, 9.17) is 5.11 Å². The summed E-state index contributed by atoms with van der Waals surface area (Å²) in [5.41, 5.74) is -0.113. The number of sulfonamides is 1. The first-order chi connectivity index (χ1) is 8.77. The number of hydrogen-bond donors (Lipinski definition) is 2. The molecular weight excluding hydrogens is 292 g/mol. The smallest absolute Gasteiger partial charge is 0.352 e. The molecule has 0 saturated heterocycles. The second-order valence-corrected chi connectivity index (χ2v) is 7.44. The Kier molecular flexibility index (Phi) is 5.27. The van der Waals surface area contributed by atoms with Crippen LogP contribution in [-0.2, 0) is 27.9 Å². The molecule has 7 nitrogen and oxygen atoms in total. The molecule has 1 heterocycles. The minimum atomic E-state index is -3.77. The van der Waals surface area contributed by atoms with Crippen molar-refractivity contribution in [2.75, 3.05) is 18.1 Å². The van der Waals surface area contributed by atoms with Gasteiger partial charge in [0.1, 0.15) is 10.6 Å². The summed E-state index contributed by atoms with van der Waals surface area (Å²) in [6.07, 6.45) is 1.22. The fraction of sp³-hybridized carbons (Fsp3) is 0.500. The molecule has 9 heteroatoms. The molecule has 19 heavy (non-hydrogen) atoms. The van der Waals surface area contributed by atoms with Gasteiger partial charge in [-0.3, -0.25) is 4.21 Å². The Morgan fingerprint density at radius 3 is 2.63 bits per heavy atom. The molecular formula is C10H16N2O5S2. The molecule has 0 bridgehead atoms. The summed E-state index contributed by atoms with van der Waals surface area (Å²) in [4.78, 5) is 10.7. The SMILES string of the molecule is CCS(=O)CCNS(=O)(=O)c1cc(C(=O)O)n(C)c1. The van der Waals surface area contributed by atoms with E-state index in [9.17, 15) is 17.4 Å². The highest BCUT2D eigenvalue weighted by Gasteiger charge is 2.19. The van der Waals surface area contributed by atoms with Gasteiger partial charge in [-0.2, -0.15) is 0 Å². The molecule has 0 aromatic carbocycles. The Hall–Kier alpha value is -1.19. The first kappa shape index (κ1) is 15.9. The minimum Gasteiger partial charge on any atom is -0.477 e. The Balaban J connectivity index is 2.80. The van der Waals surface area contributed by atoms with Gasteiger partial charge in [0.15, 0.2) is 0 Å². The third-order valence-electron chi connectivity index (χ3n) is 2.45. The lowest BCUT2D eigenvalue weighted by molar-refractivity contribution is 0.0686. The molecule has 0 radical (unpaired) electrons. The zero-order chi connectivity index (χ0) is 14.6. The van der Waals surface area contributed by atoms with Crippen LogP contribution >= 0.6 is 0 Å². The average molecular weight is 308 g/mol. The first-order valence-electron chi connectivity index (χ1n) is 5.52. The summed E-state index contributed by atoms with van der Waals surface area (Å²) in [5.74, 6) is -0.499. The molecule has 1 aromatic heterocycles. The predicted molar refractivity (Wildman–Crippen MR) is 71.1 cm³/mol. The van der Waals surface area contributed by atoms with E-state index in [1.165, 1.54) is 17.8 Å². The Bertz CT molecular complexity index is 591. The number of aromatic carboxylic acids is 1. The fourth-order valence-corrected chi connectivity index (χ4v) is 3.26. The van der Waals surface area contributed by atoms with Gasteiger partial charge >= 0.3 is 5.97 Å². The van der Waals surface area contributed by atoms with Crippen molar-refractivity contribution in [2.24, 2.45) is 7.05 Å². The van der Waals surface area contributed by atoms with Gasteiger partial charge in [0.05, 0.1) is 0 Å². The van der Waals surface area contributed by atoms with Crippen LogP contribution in [-0.4, -0.2) is 46.3 Å². The Labute approximate surface area is 114 Å². The van der Waals surface area contributed by atoms with E-state index in [-0.39, 0.29) is 22.9 Å². The van der Waals surface area contributed by atoms with Gasteiger partial charge in [-0.1, -0.05) is 6.92 Å². The van der Waals surface area contributed by atoms with E-state index in [2.05, 4.69) is 4.72 Å². The van der Waals surface area contributed by atoms with E-state index < -0.39 is 26.8 Å². The highest BCUT2D eigenvalue weighted by atomic mass is 32.2. The minimum absolute atomic E-state index is 0.0556. The molecule has 1 unspecified atom stereocenters. The topological polar surface area (TPSA) is 105 Å². The molecule has 1 aromatic rings. The molecule has 0 spiro atoms. The van der Waals surface area contributed by atoms with E-state index >= 15 is 0 Å². The van der Waals surface area contributed by atoms with E-state index in [1.807, 2.05) is 0 Å². The van der Waals surface area contributed by atoms with Crippen LogP contribution in [0.5, 0.6) is 0 Å². The number of carboxylic acid groups (broad SMARTS) is 1. The van der Waals surface area contributed by atoms with Crippen molar-refractivity contribution in [3.05, 3.63) is 18.0 Å². The zero-order valence-electron chi connectivity index (χ0n) is 10.6. The average Bonchev–Trinajstić information content (AvgIpc) is 2.71. The number of carboxylic acids is 1. The lowest BCUT2D eigenvalue weighted by Gasteiger charge is -2.03. The molecule has 108 valence electrons. The molecule has 0 saturated carbocycles. The Morgan fingerprint density at radius 2 is 2.16 bits per heavy atom. The lowest BCUT2D eigenvalue weighted by Crippen LogP contribution is -2.28. The van der Waals surface area contributed by atoms with Crippen LogP contribution in [0.25, 0.3) is 0 Å². The second kappa shape index (κ2) is 6.31. The monoisotopic (exact) mass is 308 g/mol. The van der Waals surface area contributed by atoms with Gasteiger partial charge < -0.3 is 9.67 Å². The molecule has 1 atom stereocenters. The van der Waals surface area contributed by atoms with E-state index in [0.717, 1.165) is 6.07 Å². The van der Waals surface area contributed by atoms with Crippen LogP contribution in [0.3, 0.4) is 0 Å². The van der Waals surface area contributed by atoms with Crippen LogP contribution in [0.1, 0.15) is 17.4 Å². The van der Waals surface area contributed by atoms with Crippen molar-refractivity contribution in [2.45, 2.75) is 11.8 Å². The van der Waals surface area contributed by atoms with Gasteiger partial charge in [-0.25, -0.2) is 17.9 Å². The largest absolute Gasteiger partial charge is 0.477 e. The summed E-state index contributed by atoms with van der Waals surface area (Å²) in [6.45, 7) is 1.81. The number of carbonyl (C=O) groups is 1. The van der Waals surface area contributed by atoms with Gasteiger partial charge in [0, 0.05) is 42.1 Å².